The molecule has 0 radical (unpaired) electrons. The van der Waals surface area contributed by atoms with Gasteiger partial charge in [0.15, 0.2) is 0 Å². The van der Waals surface area contributed by atoms with E-state index in [0.29, 0.717) is 6.42 Å². The lowest BCUT2D eigenvalue weighted by molar-refractivity contribution is 0.0351. The summed E-state index contributed by atoms with van der Waals surface area (Å²) in [5.74, 6) is 0. The molecule has 2 N–H and O–H groups in total. The highest BCUT2D eigenvalue weighted by Gasteiger charge is 2.27. The molecule has 4 heteroatoms. The molecule has 1 aromatic heterocycles. The molecule has 0 spiro atoms. The number of aliphatic hydroxyl groups excluding tert-OH is 1. The summed E-state index contributed by atoms with van der Waals surface area (Å²) in [4.78, 5) is 6.54. The first kappa shape index (κ1) is 13.3. The Labute approximate surface area is 108 Å². The number of nitrogens with zero attached hydrogens (tertiary/aromatic N) is 2. The molecule has 0 aliphatic carbocycles. The van der Waals surface area contributed by atoms with Gasteiger partial charge in [0.05, 0.1) is 29.3 Å². The Morgan fingerprint density at radius 1 is 1.39 bits per heavy atom. The van der Waals surface area contributed by atoms with Crippen LogP contribution in [0.5, 0.6) is 0 Å². The molecular formula is C14H22N2O2. The van der Waals surface area contributed by atoms with Gasteiger partial charge in [0, 0.05) is 13.1 Å². The second-order valence-corrected chi connectivity index (χ2v) is 5.35. The van der Waals surface area contributed by atoms with Gasteiger partial charge in [0.1, 0.15) is 0 Å². The molecule has 1 aromatic rings. The van der Waals surface area contributed by atoms with Crippen LogP contribution in [0.3, 0.4) is 0 Å². The average molecular weight is 250 g/mol. The van der Waals surface area contributed by atoms with Crippen molar-refractivity contribution in [3.63, 3.8) is 0 Å². The number of rotatable bonds is 3. The molecule has 18 heavy (non-hydrogen) atoms. The lowest BCUT2D eigenvalue weighted by atomic mass is 9.93. The van der Waals surface area contributed by atoms with Gasteiger partial charge in [-0.15, -0.1) is 0 Å². The third-order valence-corrected chi connectivity index (χ3v) is 3.70. The number of piperidine rings is 1. The molecule has 2 rings (SSSR count). The number of anilines is 1. The van der Waals surface area contributed by atoms with Gasteiger partial charge in [-0.05, 0) is 38.3 Å². The van der Waals surface area contributed by atoms with Crippen LogP contribution in [-0.2, 0) is 0 Å². The smallest absolute Gasteiger partial charge is 0.0957 e. The van der Waals surface area contributed by atoms with Gasteiger partial charge < -0.3 is 15.1 Å². The number of pyridine rings is 1. The van der Waals surface area contributed by atoms with E-state index in [2.05, 4.69) is 9.88 Å². The molecule has 1 saturated heterocycles. The molecule has 1 fully saturated rings. The summed E-state index contributed by atoms with van der Waals surface area (Å²) in [6.07, 6.45) is 3.59. The van der Waals surface area contributed by atoms with E-state index in [-0.39, 0.29) is 0 Å². The van der Waals surface area contributed by atoms with Gasteiger partial charge in [-0.1, -0.05) is 6.92 Å². The van der Waals surface area contributed by atoms with Crippen LogP contribution in [-0.4, -0.2) is 33.9 Å². The lowest BCUT2D eigenvalue weighted by Crippen LogP contribution is -2.42. The van der Waals surface area contributed by atoms with Crippen LogP contribution >= 0.6 is 0 Å². The van der Waals surface area contributed by atoms with Gasteiger partial charge in [-0.2, -0.15) is 0 Å². The summed E-state index contributed by atoms with van der Waals surface area (Å²) in [7, 11) is 0. The minimum atomic E-state index is -0.526. The van der Waals surface area contributed by atoms with Crippen LogP contribution in [0.4, 0.5) is 5.69 Å². The lowest BCUT2D eigenvalue weighted by Gasteiger charge is -2.37. The summed E-state index contributed by atoms with van der Waals surface area (Å²) in [5, 5.41) is 19.6. The fraction of sp³-hybridized carbons (Fsp3) is 0.643. The van der Waals surface area contributed by atoms with E-state index < -0.39 is 11.7 Å². The first-order valence-corrected chi connectivity index (χ1v) is 6.63. The topological polar surface area (TPSA) is 56.6 Å². The highest BCUT2D eigenvalue weighted by molar-refractivity contribution is 5.45. The van der Waals surface area contributed by atoms with Crippen LogP contribution in [0.2, 0.25) is 0 Å². The molecule has 0 amide bonds. The molecule has 100 valence electrons. The number of hydrogen-bond donors (Lipinski definition) is 2. The highest BCUT2D eigenvalue weighted by Crippen LogP contribution is 2.26. The van der Waals surface area contributed by atoms with E-state index in [1.807, 2.05) is 32.2 Å². The molecule has 1 atom stereocenters. The van der Waals surface area contributed by atoms with Crippen molar-refractivity contribution in [2.45, 2.75) is 44.8 Å². The van der Waals surface area contributed by atoms with Crippen molar-refractivity contribution in [1.29, 1.82) is 0 Å². The maximum Gasteiger partial charge on any atom is 0.0957 e. The molecule has 0 unspecified atom stereocenters. The first-order chi connectivity index (χ1) is 8.52. The Hall–Kier alpha value is -1.13. The fourth-order valence-corrected chi connectivity index (χ4v) is 2.24. The maximum atomic E-state index is 9.91. The summed E-state index contributed by atoms with van der Waals surface area (Å²) >= 11 is 0. The van der Waals surface area contributed by atoms with Crippen LogP contribution < -0.4 is 4.90 Å². The fourth-order valence-electron chi connectivity index (χ4n) is 2.24. The predicted octanol–water partition coefficient (Wildman–Crippen LogP) is 1.88. The quantitative estimate of drug-likeness (QED) is 0.860. The van der Waals surface area contributed by atoms with Gasteiger partial charge in [-0.3, -0.25) is 4.98 Å². The van der Waals surface area contributed by atoms with Crippen molar-refractivity contribution in [3.05, 3.63) is 24.0 Å². The summed E-state index contributed by atoms with van der Waals surface area (Å²) < 4.78 is 0. The summed E-state index contributed by atoms with van der Waals surface area (Å²) in [6.45, 7) is 5.53. The van der Waals surface area contributed by atoms with Crippen LogP contribution in [0.15, 0.2) is 18.3 Å². The van der Waals surface area contributed by atoms with Crippen LogP contribution in [0.25, 0.3) is 0 Å². The van der Waals surface area contributed by atoms with Crippen molar-refractivity contribution in [1.82, 2.24) is 4.98 Å². The highest BCUT2D eigenvalue weighted by atomic mass is 16.3. The van der Waals surface area contributed by atoms with Crippen molar-refractivity contribution in [2.75, 3.05) is 18.0 Å². The van der Waals surface area contributed by atoms with Gasteiger partial charge in [0.25, 0.3) is 0 Å². The van der Waals surface area contributed by atoms with Crippen molar-refractivity contribution < 1.29 is 10.2 Å². The zero-order valence-electron chi connectivity index (χ0n) is 11.1. The summed E-state index contributed by atoms with van der Waals surface area (Å²) in [5.41, 5.74) is 1.27. The van der Waals surface area contributed by atoms with Gasteiger partial charge >= 0.3 is 0 Å². The Bertz CT molecular complexity index is 379. The zero-order valence-corrected chi connectivity index (χ0v) is 11.1. The largest absolute Gasteiger partial charge is 0.390 e. The van der Waals surface area contributed by atoms with Crippen LogP contribution in [0, 0.1) is 0 Å². The molecule has 1 aliphatic heterocycles. The summed E-state index contributed by atoms with van der Waals surface area (Å²) in [6, 6.07) is 3.89. The first-order valence-electron chi connectivity index (χ1n) is 6.63. The predicted molar refractivity (Wildman–Crippen MR) is 71.6 cm³/mol. The van der Waals surface area contributed by atoms with E-state index in [1.165, 1.54) is 0 Å². The Morgan fingerprint density at radius 3 is 2.56 bits per heavy atom. The van der Waals surface area contributed by atoms with Gasteiger partial charge in [-0.25, -0.2) is 0 Å². The Morgan fingerprint density at radius 2 is 2.06 bits per heavy atom. The molecular weight excluding hydrogens is 228 g/mol. The third-order valence-electron chi connectivity index (χ3n) is 3.70. The maximum absolute atomic E-state index is 9.91. The molecule has 0 bridgehead atoms. The average Bonchev–Trinajstić information content (AvgIpc) is 2.38. The monoisotopic (exact) mass is 250 g/mol. The minimum absolute atomic E-state index is 0.471. The SMILES string of the molecule is CC[C@H](O)c1ccc(N2CCC(C)(O)CC2)cn1. The second kappa shape index (κ2) is 5.24. The van der Waals surface area contributed by atoms with E-state index in [1.54, 1.807) is 0 Å². The number of aliphatic hydroxyl groups is 2. The molecule has 1 aliphatic rings. The third kappa shape index (κ3) is 3.00. The van der Waals surface area contributed by atoms with Crippen molar-refractivity contribution >= 4 is 5.69 Å². The molecule has 4 nitrogen and oxygen atoms in total. The number of aromatic nitrogens is 1. The zero-order chi connectivity index (χ0) is 13.2. The van der Waals surface area contributed by atoms with Crippen molar-refractivity contribution in [3.8, 4) is 0 Å². The molecule has 0 saturated carbocycles. The minimum Gasteiger partial charge on any atom is -0.390 e. The van der Waals surface area contributed by atoms with E-state index in [9.17, 15) is 10.2 Å². The Kier molecular flexibility index (Phi) is 3.88. The number of hydrogen-bond acceptors (Lipinski definition) is 4. The molecule has 0 aromatic carbocycles. The van der Waals surface area contributed by atoms with Crippen LogP contribution in [0.1, 0.15) is 44.9 Å². The van der Waals surface area contributed by atoms with Crippen molar-refractivity contribution in [2.24, 2.45) is 0 Å². The normalized spacial score (nSPS) is 20.8. The van der Waals surface area contributed by atoms with Gasteiger partial charge in [0.2, 0.25) is 0 Å². The molecule has 2 heterocycles. The van der Waals surface area contributed by atoms with E-state index >= 15 is 0 Å². The van der Waals surface area contributed by atoms with E-state index in [0.717, 1.165) is 37.3 Å². The van der Waals surface area contributed by atoms with E-state index in [4.69, 9.17) is 0 Å². The Balaban J connectivity index is 2.02. The second-order valence-electron chi connectivity index (χ2n) is 5.35. The standard InChI is InChI=1S/C14H22N2O2/c1-3-13(17)12-5-4-11(10-15-12)16-8-6-14(2,18)7-9-16/h4-5,10,13,17-18H,3,6-9H2,1-2H3/t13-/m0/s1.